The molecule has 1 nitrogen and oxygen atoms in total. The smallest absolute Gasteiger partial charge is 0.0256 e. The van der Waals surface area contributed by atoms with Crippen LogP contribution in [0.25, 0.3) is 0 Å². The van der Waals surface area contributed by atoms with Crippen molar-refractivity contribution in [2.24, 2.45) is 11.8 Å². The Hall–Kier alpha value is 0.310. The third kappa shape index (κ3) is 2.95. The third-order valence-corrected chi connectivity index (χ3v) is 6.28. The number of nitrogens with one attached hydrogen (secondary N) is 1. The summed E-state index contributed by atoms with van der Waals surface area (Å²) in [7, 11) is 0. The van der Waals surface area contributed by atoms with E-state index in [0.717, 1.165) is 17.9 Å². The molecule has 0 bridgehead atoms. The normalized spacial score (nSPS) is 44.8. The van der Waals surface area contributed by atoms with E-state index >= 15 is 0 Å². The predicted octanol–water partition coefficient (Wildman–Crippen LogP) is 3.69. The quantitative estimate of drug-likeness (QED) is 0.809. The first-order valence-corrected chi connectivity index (χ1v) is 7.97. The van der Waals surface area contributed by atoms with E-state index in [-0.39, 0.29) is 0 Å². The first-order chi connectivity index (χ1) is 7.61. The van der Waals surface area contributed by atoms with Crippen molar-refractivity contribution >= 4 is 11.8 Å². The summed E-state index contributed by atoms with van der Waals surface area (Å²) in [5.41, 5.74) is 0. The number of hydrogen-bond donors (Lipinski definition) is 1. The molecular formula is C14H27NS. The molecule has 0 radical (unpaired) electrons. The molecule has 0 aromatic carbocycles. The van der Waals surface area contributed by atoms with Gasteiger partial charge in [0.2, 0.25) is 0 Å². The Kier molecular flexibility index (Phi) is 4.23. The van der Waals surface area contributed by atoms with Crippen LogP contribution in [0.1, 0.15) is 52.9 Å². The lowest BCUT2D eigenvalue weighted by Crippen LogP contribution is -2.45. The molecule has 4 unspecified atom stereocenters. The highest BCUT2D eigenvalue weighted by Crippen LogP contribution is 2.38. The molecule has 0 spiro atoms. The van der Waals surface area contributed by atoms with Crippen molar-refractivity contribution in [3.05, 3.63) is 0 Å². The van der Waals surface area contributed by atoms with Crippen LogP contribution < -0.4 is 5.32 Å². The van der Waals surface area contributed by atoms with Gasteiger partial charge in [-0.2, -0.15) is 11.8 Å². The minimum absolute atomic E-state index is 0.528. The van der Waals surface area contributed by atoms with Crippen molar-refractivity contribution in [2.45, 2.75) is 63.7 Å². The van der Waals surface area contributed by atoms with Gasteiger partial charge in [-0.05, 0) is 43.8 Å². The molecule has 2 aliphatic rings. The summed E-state index contributed by atoms with van der Waals surface area (Å²) in [6.45, 7) is 8.52. The second-order valence-corrected chi connectivity index (χ2v) is 7.84. The minimum Gasteiger partial charge on any atom is -0.312 e. The fourth-order valence-corrected chi connectivity index (χ4v) is 4.45. The van der Waals surface area contributed by atoms with Gasteiger partial charge in [0.15, 0.2) is 0 Å². The molecule has 2 fully saturated rings. The molecule has 94 valence electrons. The van der Waals surface area contributed by atoms with Crippen LogP contribution in [-0.2, 0) is 0 Å². The Morgan fingerprint density at radius 1 is 1.25 bits per heavy atom. The van der Waals surface area contributed by atoms with Gasteiger partial charge < -0.3 is 5.32 Å². The number of rotatable bonds is 3. The summed E-state index contributed by atoms with van der Waals surface area (Å²) in [5, 5.41) is 3.86. The van der Waals surface area contributed by atoms with Crippen molar-refractivity contribution in [3.8, 4) is 0 Å². The summed E-state index contributed by atoms with van der Waals surface area (Å²) < 4.78 is 0.528. The van der Waals surface area contributed by atoms with Gasteiger partial charge in [0.05, 0.1) is 0 Å². The molecule has 1 heterocycles. The molecule has 1 saturated carbocycles. The summed E-state index contributed by atoms with van der Waals surface area (Å²) in [4.78, 5) is 0. The van der Waals surface area contributed by atoms with E-state index in [0.29, 0.717) is 4.75 Å². The van der Waals surface area contributed by atoms with E-state index in [1.54, 1.807) is 0 Å². The lowest BCUT2D eigenvalue weighted by molar-refractivity contribution is 0.204. The summed E-state index contributed by atoms with van der Waals surface area (Å²) in [5.74, 6) is 3.15. The first-order valence-electron chi connectivity index (χ1n) is 6.98. The fraction of sp³-hybridized carbons (Fsp3) is 1.00. The Morgan fingerprint density at radius 3 is 2.75 bits per heavy atom. The molecule has 2 heteroatoms. The Balaban J connectivity index is 1.80. The SMILES string of the molecule is CC1CCCC(NCC2(C)CCCS2)C1C. The molecule has 1 N–H and O–H groups in total. The van der Waals surface area contributed by atoms with Crippen LogP contribution in [0.15, 0.2) is 0 Å². The van der Waals surface area contributed by atoms with Gasteiger partial charge in [0.1, 0.15) is 0 Å². The van der Waals surface area contributed by atoms with Crippen LogP contribution in [-0.4, -0.2) is 23.1 Å². The average molecular weight is 241 g/mol. The van der Waals surface area contributed by atoms with E-state index < -0.39 is 0 Å². The predicted molar refractivity (Wildman–Crippen MR) is 74.1 cm³/mol. The third-order valence-electron chi connectivity index (χ3n) is 4.75. The van der Waals surface area contributed by atoms with Crippen molar-refractivity contribution in [1.82, 2.24) is 5.32 Å². The monoisotopic (exact) mass is 241 g/mol. The molecule has 0 aromatic rings. The molecule has 1 saturated heterocycles. The van der Waals surface area contributed by atoms with Gasteiger partial charge >= 0.3 is 0 Å². The maximum Gasteiger partial charge on any atom is 0.0256 e. The lowest BCUT2D eigenvalue weighted by atomic mass is 9.78. The zero-order valence-corrected chi connectivity index (χ0v) is 11.9. The van der Waals surface area contributed by atoms with Crippen LogP contribution in [0.2, 0.25) is 0 Å². The van der Waals surface area contributed by atoms with E-state index in [1.807, 2.05) is 0 Å². The first kappa shape index (κ1) is 12.8. The van der Waals surface area contributed by atoms with Crippen LogP contribution in [0.3, 0.4) is 0 Å². The van der Waals surface area contributed by atoms with Gasteiger partial charge in [0, 0.05) is 17.3 Å². The molecular weight excluding hydrogens is 214 g/mol. The van der Waals surface area contributed by atoms with Crippen LogP contribution in [0, 0.1) is 11.8 Å². The van der Waals surface area contributed by atoms with Gasteiger partial charge in [0.25, 0.3) is 0 Å². The number of hydrogen-bond acceptors (Lipinski definition) is 2. The van der Waals surface area contributed by atoms with E-state index in [9.17, 15) is 0 Å². The van der Waals surface area contributed by atoms with Gasteiger partial charge in [-0.1, -0.05) is 26.7 Å². The largest absolute Gasteiger partial charge is 0.312 e. The van der Waals surface area contributed by atoms with Crippen molar-refractivity contribution < 1.29 is 0 Å². The van der Waals surface area contributed by atoms with Crippen molar-refractivity contribution in [2.75, 3.05) is 12.3 Å². The highest BCUT2D eigenvalue weighted by atomic mass is 32.2. The Labute approximate surface area is 105 Å². The van der Waals surface area contributed by atoms with Crippen molar-refractivity contribution in [1.29, 1.82) is 0 Å². The number of thioether (sulfide) groups is 1. The summed E-state index contributed by atoms with van der Waals surface area (Å²) in [6.07, 6.45) is 7.07. The highest BCUT2D eigenvalue weighted by Gasteiger charge is 2.32. The molecule has 1 aliphatic carbocycles. The second kappa shape index (κ2) is 5.30. The topological polar surface area (TPSA) is 12.0 Å². The standard InChI is InChI=1S/C14H27NS/c1-11-6-4-7-13(12(11)2)15-10-14(3)8-5-9-16-14/h11-13,15H,4-10H2,1-3H3. The molecule has 2 rings (SSSR count). The molecule has 0 aromatic heterocycles. The van der Waals surface area contributed by atoms with Crippen LogP contribution >= 0.6 is 11.8 Å². The fourth-order valence-electron chi connectivity index (χ4n) is 3.19. The molecule has 16 heavy (non-hydrogen) atoms. The molecule has 1 aliphatic heterocycles. The Bertz CT molecular complexity index is 223. The zero-order chi connectivity index (χ0) is 11.6. The van der Waals surface area contributed by atoms with Gasteiger partial charge in [-0.25, -0.2) is 0 Å². The van der Waals surface area contributed by atoms with Crippen LogP contribution in [0.5, 0.6) is 0 Å². The van der Waals surface area contributed by atoms with Gasteiger partial charge in [-0.15, -0.1) is 0 Å². The maximum absolute atomic E-state index is 3.86. The van der Waals surface area contributed by atoms with E-state index in [2.05, 4.69) is 37.8 Å². The van der Waals surface area contributed by atoms with Crippen LogP contribution in [0.4, 0.5) is 0 Å². The highest BCUT2D eigenvalue weighted by molar-refractivity contribution is 8.00. The molecule has 0 amide bonds. The summed E-state index contributed by atoms with van der Waals surface area (Å²) >= 11 is 2.17. The maximum atomic E-state index is 3.86. The lowest BCUT2D eigenvalue weighted by Gasteiger charge is -2.37. The Morgan fingerprint density at radius 2 is 2.06 bits per heavy atom. The molecule has 4 atom stereocenters. The zero-order valence-electron chi connectivity index (χ0n) is 11.1. The summed E-state index contributed by atoms with van der Waals surface area (Å²) in [6, 6.07) is 0.779. The average Bonchev–Trinajstić information content (AvgIpc) is 2.68. The van der Waals surface area contributed by atoms with E-state index in [1.165, 1.54) is 44.4 Å². The van der Waals surface area contributed by atoms with Gasteiger partial charge in [-0.3, -0.25) is 0 Å². The minimum atomic E-state index is 0.528. The van der Waals surface area contributed by atoms with Crippen molar-refractivity contribution in [3.63, 3.8) is 0 Å². The van der Waals surface area contributed by atoms with E-state index in [4.69, 9.17) is 0 Å². The second-order valence-electron chi connectivity index (χ2n) is 6.16.